The minimum atomic E-state index is -1.54. The first kappa shape index (κ1) is 18.5. The molecule has 0 aromatic rings. The molecule has 20 heavy (non-hydrogen) atoms. The van der Waals surface area contributed by atoms with Crippen LogP contribution < -0.4 is 5.11 Å². The van der Waals surface area contributed by atoms with Crippen LogP contribution >= 0.6 is 0 Å². The molecule has 115 valence electrons. The van der Waals surface area contributed by atoms with E-state index in [1.165, 1.54) is 13.2 Å². The summed E-state index contributed by atoms with van der Waals surface area (Å²) in [5, 5.41) is 20.4. The summed E-state index contributed by atoms with van der Waals surface area (Å²) in [6, 6.07) is 0. The standard InChI is InChI=1S/C13H22NO6/c1-13(19,5-6-15)8-12(18)20-10(7-11(16)17)9-14(2,3)4/h10,19H,5,7-9H2,1-4H3. The van der Waals surface area contributed by atoms with E-state index in [9.17, 15) is 24.6 Å². The van der Waals surface area contributed by atoms with Crippen molar-refractivity contribution in [3.63, 3.8) is 0 Å². The Morgan fingerprint density at radius 3 is 2.35 bits per heavy atom. The van der Waals surface area contributed by atoms with Gasteiger partial charge in [-0.2, -0.15) is 0 Å². The Kier molecular flexibility index (Phi) is 6.81. The normalized spacial score (nSPS) is 16.1. The highest BCUT2D eigenvalue weighted by molar-refractivity contribution is 5.72. The van der Waals surface area contributed by atoms with Crippen LogP contribution in [0, 0.1) is 0 Å². The Bertz CT molecular complexity index is 358. The fourth-order valence-corrected chi connectivity index (χ4v) is 1.70. The lowest BCUT2D eigenvalue weighted by molar-refractivity contribution is -0.873. The molecule has 0 saturated heterocycles. The molecule has 7 heteroatoms. The summed E-state index contributed by atoms with van der Waals surface area (Å²) < 4.78 is 5.46. The SMILES string of the molecule is CC(O)(C[C]=O)CC(=O)OC(CC(=O)[O-])C[N+](C)(C)C. The molecule has 0 amide bonds. The highest BCUT2D eigenvalue weighted by Crippen LogP contribution is 2.15. The number of hydrogen-bond donors (Lipinski definition) is 1. The number of nitrogens with zero attached hydrogens (tertiary/aromatic N) is 1. The molecule has 0 rings (SSSR count). The molecule has 0 fully saturated rings. The van der Waals surface area contributed by atoms with Crippen LogP contribution in [0.4, 0.5) is 0 Å². The van der Waals surface area contributed by atoms with Gasteiger partial charge < -0.3 is 24.2 Å². The first-order chi connectivity index (χ1) is 8.95. The van der Waals surface area contributed by atoms with Gasteiger partial charge in [-0.25, -0.2) is 0 Å². The molecule has 0 aliphatic carbocycles. The average Bonchev–Trinajstić information content (AvgIpc) is 2.10. The van der Waals surface area contributed by atoms with Crippen molar-refractivity contribution in [1.82, 2.24) is 0 Å². The molecule has 0 aromatic heterocycles. The summed E-state index contributed by atoms with van der Waals surface area (Å²) in [7, 11) is 5.48. The lowest BCUT2D eigenvalue weighted by Crippen LogP contribution is -2.45. The molecule has 7 nitrogen and oxygen atoms in total. The van der Waals surface area contributed by atoms with Crippen molar-refractivity contribution in [2.45, 2.75) is 37.9 Å². The number of aliphatic carboxylic acids is 1. The second-order valence-corrected chi connectivity index (χ2v) is 6.16. The van der Waals surface area contributed by atoms with Crippen LogP contribution in [-0.4, -0.2) is 67.2 Å². The van der Waals surface area contributed by atoms with E-state index in [0.717, 1.165) is 0 Å². The third-order valence-corrected chi connectivity index (χ3v) is 2.42. The number of rotatable bonds is 9. The minimum Gasteiger partial charge on any atom is -0.550 e. The third kappa shape index (κ3) is 9.46. The summed E-state index contributed by atoms with van der Waals surface area (Å²) in [5.74, 6) is -2.07. The number of carbonyl (C=O) groups excluding carboxylic acids is 3. The van der Waals surface area contributed by atoms with E-state index in [1.807, 2.05) is 21.1 Å². The molecule has 0 spiro atoms. The second kappa shape index (κ2) is 7.35. The van der Waals surface area contributed by atoms with E-state index in [1.54, 1.807) is 0 Å². The van der Waals surface area contributed by atoms with E-state index < -0.39 is 36.5 Å². The molecule has 0 heterocycles. The fourth-order valence-electron chi connectivity index (χ4n) is 1.70. The Morgan fingerprint density at radius 1 is 1.40 bits per heavy atom. The first-order valence-corrected chi connectivity index (χ1v) is 6.22. The zero-order valence-electron chi connectivity index (χ0n) is 12.3. The lowest BCUT2D eigenvalue weighted by Gasteiger charge is -2.30. The van der Waals surface area contributed by atoms with Gasteiger partial charge in [0, 0.05) is 18.8 Å². The van der Waals surface area contributed by atoms with Crippen LogP contribution in [-0.2, 0) is 19.1 Å². The Balaban J connectivity index is 4.60. The van der Waals surface area contributed by atoms with Gasteiger partial charge in [0.25, 0.3) is 0 Å². The fraction of sp³-hybridized carbons (Fsp3) is 0.769. The molecule has 1 N–H and O–H groups in total. The number of hydrogen-bond acceptors (Lipinski definition) is 6. The van der Waals surface area contributed by atoms with Gasteiger partial charge in [0.2, 0.25) is 6.29 Å². The van der Waals surface area contributed by atoms with E-state index in [4.69, 9.17) is 4.74 Å². The van der Waals surface area contributed by atoms with Gasteiger partial charge in [-0.1, -0.05) is 0 Å². The van der Waals surface area contributed by atoms with Crippen molar-refractivity contribution in [2.24, 2.45) is 0 Å². The largest absolute Gasteiger partial charge is 0.550 e. The third-order valence-electron chi connectivity index (χ3n) is 2.42. The highest BCUT2D eigenvalue weighted by Gasteiger charge is 2.28. The predicted octanol–water partition coefficient (Wildman–Crippen LogP) is -1.61. The van der Waals surface area contributed by atoms with Gasteiger partial charge in [0.15, 0.2) is 6.10 Å². The van der Waals surface area contributed by atoms with Crippen molar-refractivity contribution >= 4 is 18.2 Å². The summed E-state index contributed by atoms with van der Waals surface area (Å²) in [6.07, 6.45) is -0.452. The Hall–Kier alpha value is -1.47. The summed E-state index contributed by atoms with van der Waals surface area (Å²) in [6.45, 7) is 1.61. The second-order valence-electron chi connectivity index (χ2n) is 6.16. The molecular weight excluding hydrogens is 266 g/mol. The molecule has 0 saturated carbocycles. The maximum absolute atomic E-state index is 11.7. The van der Waals surface area contributed by atoms with Crippen LogP contribution in [0.25, 0.3) is 0 Å². The highest BCUT2D eigenvalue weighted by atomic mass is 16.5. The zero-order valence-corrected chi connectivity index (χ0v) is 12.3. The smallest absolute Gasteiger partial charge is 0.309 e. The lowest BCUT2D eigenvalue weighted by atomic mass is 9.99. The van der Waals surface area contributed by atoms with E-state index in [-0.39, 0.29) is 6.42 Å². The molecule has 0 aliphatic heterocycles. The first-order valence-electron chi connectivity index (χ1n) is 6.22. The van der Waals surface area contributed by atoms with Gasteiger partial charge in [0.1, 0.15) is 6.54 Å². The van der Waals surface area contributed by atoms with Crippen molar-refractivity contribution in [3.8, 4) is 0 Å². The quantitative estimate of drug-likeness (QED) is 0.404. The molecule has 2 unspecified atom stereocenters. The van der Waals surface area contributed by atoms with Gasteiger partial charge in [-0.05, 0) is 6.92 Å². The Labute approximate surface area is 118 Å². The molecule has 2 atom stereocenters. The number of aliphatic hydroxyl groups is 1. The number of carboxylic acid groups (broad SMARTS) is 1. The number of esters is 1. The summed E-state index contributed by atoms with van der Waals surface area (Å²) >= 11 is 0. The van der Waals surface area contributed by atoms with Crippen LogP contribution in [0.15, 0.2) is 0 Å². The molecule has 0 aliphatic rings. The number of carboxylic acids is 1. The average molecular weight is 288 g/mol. The van der Waals surface area contributed by atoms with Crippen LogP contribution in [0.3, 0.4) is 0 Å². The van der Waals surface area contributed by atoms with Crippen molar-refractivity contribution in [2.75, 3.05) is 27.7 Å². The predicted molar refractivity (Wildman–Crippen MR) is 68.0 cm³/mol. The van der Waals surface area contributed by atoms with Crippen molar-refractivity contribution in [3.05, 3.63) is 0 Å². The monoisotopic (exact) mass is 288 g/mol. The number of quaternary nitrogens is 1. The van der Waals surface area contributed by atoms with Crippen molar-refractivity contribution < 1.29 is 33.8 Å². The van der Waals surface area contributed by atoms with E-state index in [0.29, 0.717) is 11.0 Å². The number of carbonyl (C=O) groups is 2. The number of ether oxygens (including phenoxy) is 1. The summed E-state index contributed by atoms with van der Waals surface area (Å²) in [4.78, 5) is 32.6. The van der Waals surface area contributed by atoms with Crippen LogP contribution in [0.1, 0.15) is 26.2 Å². The molecule has 0 aromatic carbocycles. The van der Waals surface area contributed by atoms with Gasteiger partial charge >= 0.3 is 5.97 Å². The molecular formula is C13H22NO6. The molecule has 0 bridgehead atoms. The number of likely N-dealkylation sites (N-methyl/N-ethyl adjacent to an activating group) is 1. The van der Waals surface area contributed by atoms with Gasteiger partial charge in [0.05, 0.1) is 33.2 Å². The van der Waals surface area contributed by atoms with Gasteiger partial charge in [-0.3, -0.25) is 9.59 Å². The molecule has 1 radical (unpaired) electrons. The maximum atomic E-state index is 11.7. The van der Waals surface area contributed by atoms with E-state index >= 15 is 0 Å². The topological polar surface area (TPSA) is 104 Å². The zero-order chi connectivity index (χ0) is 16.0. The Morgan fingerprint density at radius 2 is 1.95 bits per heavy atom. The maximum Gasteiger partial charge on any atom is 0.309 e. The van der Waals surface area contributed by atoms with E-state index in [2.05, 4.69) is 0 Å². The van der Waals surface area contributed by atoms with Crippen LogP contribution in [0.2, 0.25) is 0 Å². The van der Waals surface area contributed by atoms with Crippen LogP contribution in [0.5, 0.6) is 0 Å². The minimum absolute atomic E-state index is 0.293. The summed E-state index contributed by atoms with van der Waals surface area (Å²) in [5.41, 5.74) is -1.54. The van der Waals surface area contributed by atoms with Gasteiger partial charge in [-0.15, -0.1) is 0 Å². The van der Waals surface area contributed by atoms with Crippen molar-refractivity contribution in [1.29, 1.82) is 0 Å².